The van der Waals surface area contributed by atoms with Crippen LogP contribution >= 0.6 is 0 Å². The van der Waals surface area contributed by atoms with Crippen LogP contribution in [0.5, 0.6) is 5.75 Å². The SMILES string of the molecule is Cc1noc(C)c1C(=O)N1CCN2CC(=O)Nc3ccccc3OC[C@H]2C1. The van der Waals surface area contributed by atoms with E-state index in [2.05, 4.69) is 15.4 Å². The first kappa shape index (κ1) is 17.5. The molecule has 1 aromatic carbocycles. The number of para-hydroxylation sites is 2. The van der Waals surface area contributed by atoms with Gasteiger partial charge < -0.3 is 19.5 Å². The summed E-state index contributed by atoms with van der Waals surface area (Å²) >= 11 is 0. The number of piperazine rings is 1. The summed E-state index contributed by atoms with van der Waals surface area (Å²) in [6, 6.07) is 7.32. The van der Waals surface area contributed by atoms with Crippen molar-refractivity contribution in [3.05, 3.63) is 41.3 Å². The average Bonchev–Trinajstić information content (AvgIpc) is 3.01. The van der Waals surface area contributed by atoms with E-state index in [1.807, 2.05) is 24.3 Å². The highest BCUT2D eigenvalue weighted by Gasteiger charge is 2.34. The van der Waals surface area contributed by atoms with Crippen molar-refractivity contribution in [2.75, 3.05) is 38.1 Å². The van der Waals surface area contributed by atoms with Crippen molar-refractivity contribution < 1.29 is 18.8 Å². The van der Waals surface area contributed by atoms with Gasteiger partial charge in [0.2, 0.25) is 5.91 Å². The topological polar surface area (TPSA) is 87.9 Å². The highest BCUT2D eigenvalue weighted by atomic mass is 16.5. The van der Waals surface area contributed by atoms with Gasteiger partial charge in [0, 0.05) is 19.6 Å². The summed E-state index contributed by atoms with van der Waals surface area (Å²) in [4.78, 5) is 29.2. The van der Waals surface area contributed by atoms with Gasteiger partial charge in [-0.2, -0.15) is 0 Å². The number of fused-ring (bicyclic) bond motifs is 2. The van der Waals surface area contributed by atoms with Gasteiger partial charge in [0.25, 0.3) is 5.91 Å². The van der Waals surface area contributed by atoms with E-state index < -0.39 is 0 Å². The lowest BCUT2D eigenvalue weighted by molar-refractivity contribution is -0.118. The minimum Gasteiger partial charge on any atom is -0.490 e. The van der Waals surface area contributed by atoms with Crippen LogP contribution in [0.3, 0.4) is 0 Å². The van der Waals surface area contributed by atoms with E-state index in [0.29, 0.717) is 54.7 Å². The van der Waals surface area contributed by atoms with E-state index in [0.717, 1.165) is 0 Å². The molecule has 1 fully saturated rings. The minimum atomic E-state index is -0.0874. The van der Waals surface area contributed by atoms with Crippen molar-refractivity contribution in [3.63, 3.8) is 0 Å². The van der Waals surface area contributed by atoms with Gasteiger partial charge in [-0.1, -0.05) is 17.3 Å². The fourth-order valence-corrected chi connectivity index (χ4v) is 3.65. The van der Waals surface area contributed by atoms with Crippen LogP contribution in [-0.4, -0.2) is 65.6 Å². The quantitative estimate of drug-likeness (QED) is 0.817. The van der Waals surface area contributed by atoms with E-state index in [4.69, 9.17) is 9.26 Å². The van der Waals surface area contributed by atoms with Gasteiger partial charge in [0.15, 0.2) is 0 Å². The molecule has 0 unspecified atom stereocenters. The van der Waals surface area contributed by atoms with Crippen LogP contribution in [0.2, 0.25) is 0 Å². The third-order valence-electron chi connectivity index (χ3n) is 5.08. The average molecular weight is 370 g/mol. The molecule has 27 heavy (non-hydrogen) atoms. The number of nitrogens with zero attached hydrogens (tertiary/aromatic N) is 3. The first-order valence-corrected chi connectivity index (χ1v) is 9.01. The second kappa shape index (κ2) is 7.03. The predicted molar refractivity (Wildman–Crippen MR) is 97.8 cm³/mol. The van der Waals surface area contributed by atoms with E-state index in [1.165, 1.54) is 0 Å². The molecule has 0 spiro atoms. The Morgan fingerprint density at radius 2 is 2.07 bits per heavy atom. The van der Waals surface area contributed by atoms with Gasteiger partial charge in [-0.25, -0.2) is 0 Å². The predicted octanol–water partition coefficient (Wildman–Crippen LogP) is 1.45. The third-order valence-corrected chi connectivity index (χ3v) is 5.08. The zero-order valence-corrected chi connectivity index (χ0v) is 15.4. The van der Waals surface area contributed by atoms with Crippen molar-refractivity contribution in [2.24, 2.45) is 0 Å². The number of carbonyl (C=O) groups excluding carboxylic acids is 2. The Balaban J connectivity index is 1.54. The third kappa shape index (κ3) is 3.40. The van der Waals surface area contributed by atoms with E-state index in [9.17, 15) is 9.59 Å². The molecule has 1 atom stereocenters. The number of anilines is 1. The second-order valence-corrected chi connectivity index (χ2v) is 6.93. The Morgan fingerprint density at radius 1 is 1.26 bits per heavy atom. The van der Waals surface area contributed by atoms with Gasteiger partial charge in [-0.3, -0.25) is 14.5 Å². The Kier molecular flexibility index (Phi) is 4.57. The number of amides is 2. The summed E-state index contributed by atoms with van der Waals surface area (Å²) in [7, 11) is 0. The molecule has 0 aliphatic carbocycles. The fraction of sp³-hybridized carbons (Fsp3) is 0.421. The molecule has 0 saturated carbocycles. The maximum Gasteiger partial charge on any atom is 0.259 e. The van der Waals surface area contributed by atoms with Crippen molar-refractivity contribution in [3.8, 4) is 5.75 Å². The van der Waals surface area contributed by atoms with Crippen molar-refractivity contribution in [2.45, 2.75) is 19.9 Å². The molecule has 142 valence electrons. The normalized spacial score (nSPS) is 20.4. The smallest absolute Gasteiger partial charge is 0.259 e. The number of carbonyl (C=O) groups is 2. The molecular weight excluding hydrogens is 348 g/mol. The molecule has 2 aromatic rings. The molecule has 1 N–H and O–H groups in total. The summed E-state index contributed by atoms with van der Waals surface area (Å²) in [5.41, 5.74) is 1.79. The molecule has 1 aromatic heterocycles. The van der Waals surface area contributed by atoms with Crippen LogP contribution in [0.4, 0.5) is 5.69 Å². The number of aromatic nitrogens is 1. The lowest BCUT2D eigenvalue weighted by atomic mass is 10.1. The number of hydrogen-bond donors (Lipinski definition) is 1. The van der Waals surface area contributed by atoms with Gasteiger partial charge in [0.1, 0.15) is 23.7 Å². The number of hydrogen-bond acceptors (Lipinski definition) is 6. The molecule has 2 amide bonds. The summed E-state index contributed by atoms with van der Waals surface area (Å²) in [6.45, 7) is 5.82. The molecule has 0 radical (unpaired) electrons. The highest BCUT2D eigenvalue weighted by molar-refractivity contribution is 5.96. The monoisotopic (exact) mass is 370 g/mol. The van der Waals surface area contributed by atoms with E-state index in [-0.39, 0.29) is 24.4 Å². The van der Waals surface area contributed by atoms with Crippen molar-refractivity contribution in [1.82, 2.24) is 15.0 Å². The standard InChI is InChI=1S/C19H22N4O4/c1-12-18(13(2)27-21-12)19(25)23-8-7-22-10-17(24)20-15-5-3-4-6-16(15)26-11-14(22)9-23/h3-6,14H,7-11H2,1-2H3,(H,20,24)/t14-/m1/s1. The van der Waals surface area contributed by atoms with E-state index >= 15 is 0 Å². The first-order valence-electron chi connectivity index (χ1n) is 9.01. The van der Waals surface area contributed by atoms with Gasteiger partial charge in [0.05, 0.1) is 24.0 Å². The largest absolute Gasteiger partial charge is 0.490 e. The van der Waals surface area contributed by atoms with Gasteiger partial charge in [-0.15, -0.1) is 0 Å². The highest BCUT2D eigenvalue weighted by Crippen LogP contribution is 2.26. The van der Waals surface area contributed by atoms with Gasteiger partial charge >= 0.3 is 0 Å². The lowest BCUT2D eigenvalue weighted by Gasteiger charge is -2.40. The number of nitrogens with one attached hydrogen (secondary N) is 1. The van der Waals surface area contributed by atoms with Crippen LogP contribution < -0.4 is 10.1 Å². The van der Waals surface area contributed by atoms with Crippen LogP contribution in [0, 0.1) is 13.8 Å². The summed E-state index contributed by atoms with van der Waals surface area (Å²) in [5.74, 6) is 1.000. The molecule has 0 bridgehead atoms. The fourth-order valence-electron chi connectivity index (χ4n) is 3.65. The van der Waals surface area contributed by atoms with Crippen LogP contribution in [0.15, 0.2) is 28.8 Å². The van der Waals surface area contributed by atoms with Crippen molar-refractivity contribution >= 4 is 17.5 Å². The lowest BCUT2D eigenvalue weighted by Crippen LogP contribution is -2.58. The summed E-state index contributed by atoms with van der Waals surface area (Å²) in [5, 5.41) is 6.78. The molecule has 4 rings (SSSR count). The Morgan fingerprint density at radius 3 is 2.85 bits per heavy atom. The molecule has 8 heteroatoms. The summed E-state index contributed by atoms with van der Waals surface area (Å²) in [6.07, 6.45) is 0. The van der Waals surface area contributed by atoms with Crippen molar-refractivity contribution in [1.29, 1.82) is 0 Å². The maximum absolute atomic E-state index is 12.9. The number of aryl methyl sites for hydroxylation is 2. The molecule has 8 nitrogen and oxygen atoms in total. The number of rotatable bonds is 1. The first-order chi connectivity index (χ1) is 13.0. The summed E-state index contributed by atoms with van der Waals surface area (Å²) < 4.78 is 11.1. The van der Waals surface area contributed by atoms with Crippen LogP contribution in [-0.2, 0) is 4.79 Å². The Labute approximate surface area is 157 Å². The van der Waals surface area contributed by atoms with Crippen LogP contribution in [0.1, 0.15) is 21.8 Å². The maximum atomic E-state index is 12.9. The number of benzene rings is 1. The minimum absolute atomic E-state index is 0.0694. The Hall–Kier alpha value is -2.87. The molecular formula is C19H22N4O4. The zero-order valence-electron chi connectivity index (χ0n) is 15.4. The zero-order chi connectivity index (χ0) is 19.0. The molecule has 2 aliphatic heterocycles. The van der Waals surface area contributed by atoms with Gasteiger partial charge in [-0.05, 0) is 26.0 Å². The number of ether oxygens (including phenoxy) is 1. The molecule has 1 saturated heterocycles. The molecule has 2 aliphatic rings. The van der Waals surface area contributed by atoms with E-state index in [1.54, 1.807) is 18.7 Å². The van der Waals surface area contributed by atoms with Crippen LogP contribution in [0.25, 0.3) is 0 Å². The Bertz CT molecular complexity index is 859. The second-order valence-electron chi connectivity index (χ2n) is 6.93. The molecule has 3 heterocycles.